The monoisotopic (exact) mass is 307 g/mol. The summed E-state index contributed by atoms with van der Waals surface area (Å²) in [5.41, 5.74) is 4.36. The number of carboxylic acid groups (broad SMARTS) is 1. The van der Waals surface area contributed by atoms with Crippen LogP contribution in [-0.4, -0.2) is 23.2 Å². The molecule has 0 unspecified atom stereocenters. The first-order valence-corrected chi connectivity index (χ1v) is 7.29. The molecular weight excluding hydrogens is 290 g/mol. The van der Waals surface area contributed by atoms with E-state index >= 15 is 0 Å². The predicted molar refractivity (Wildman–Crippen MR) is 90.2 cm³/mol. The Morgan fingerprint density at radius 2 is 1.74 bits per heavy atom. The van der Waals surface area contributed by atoms with Crippen molar-refractivity contribution in [2.45, 2.75) is 13.8 Å². The van der Waals surface area contributed by atoms with Gasteiger partial charge in [0, 0.05) is 10.9 Å². The summed E-state index contributed by atoms with van der Waals surface area (Å²) in [5.74, 6) is -0.290. The summed E-state index contributed by atoms with van der Waals surface area (Å²) >= 11 is 0. The van der Waals surface area contributed by atoms with Crippen LogP contribution in [0.15, 0.2) is 42.5 Å². The van der Waals surface area contributed by atoms with Gasteiger partial charge in [-0.1, -0.05) is 23.3 Å². The van der Waals surface area contributed by atoms with Gasteiger partial charge in [-0.05, 0) is 44.2 Å². The lowest BCUT2D eigenvalue weighted by Crippen LogP contribution is -2.01. The Morgan fingerprint density at radius 3 is 2.43 bits per heavy atom. The lowest BCUT2D eigenvalue weighted by atomic mass is 10.0. The largest absolute Gasteiger partial charge is 0.496 e. The summed E-state index contributed by atoms with van der Waals surface area (Å²) in [6.07, 6.45) is 0. The predicted octanol–water partition coefficient (Wildman–Crippen LogP) is 4.23. The summed E-state index contributed by atoms with van der Waals surface area (Å²) in [7, 11) is 1.59. The molecule has 23 heavy (non-hydrogen) atoms. The van der Waals surface area contributed by atoms with Gasteiger partial charge in [0.25, 0.3) is 0 Å². The van der Waals surface area contributed by atoms with Gasteiger partial charge in [0.1, 0.15) is 5.75 Å². The Kier molecular flexibility index (Phi) is 3.74. The van der Waals surface area contributed by atoms with Crippen LogP contribution in [-0.2, 0) is 0 Å². The number of benzene rings is 2. The lowest BCUT2D eigenvalue weighted by molar-refractivity contribution is 0.0699. The number of ether oxygens (including phenoxy) is 1. The molecule has 4 nitrogen and oxygen atoms in total. The molecule has 1 aromatic heterocycles. The van der Waals surface area contributed by atoms with Crippen LogP contribution in [0.2, 0.25) is 0 Å². The molecule has 0 spiro atoms. The molecule has 4 heteroatoms. The smallest absolute Gasteiger partial charge is 0.336 e. The van der Waals surface area contributed by atoms with Crippen LogP contribution in [0.1, 0.15) is 21.5 Å². The number of aromatic carboxylic acids is 1. The number of fused-ring (bicyclic) bond motifs is 1. The van der Waals surface area contributed by atoms with Crippen molar-refractivity contribution in [3.8, 4) is 17.0 Å². The molecule has 116 valence electrons. The highest BCUT2D eigenvalue weighted by atomic mass is 16.5. The summed E-state index contributed by atoms with van der Waals surface area (Å²) in [6.45, 7) is 3.91. The standard InChI is InChI=1S/C19H17NO3/c1-11-4-6-16-13(8-11)14(19(21)22)10-17(20-16)15-9-12(2)5-7-18(15)23-3/h4-10H,1-3H3,(H,21,22). The lowest BCUT2D eigenvalue weighted by Gasteiger charge is -2.12. The van der Waals surface area contributed by atoms with E-state index in [4.69, 9.17) is 4.74 Å². The van der Waals surface area contributed by atoms with Crippen molar-refractivity contribution in [1.82, 2.24) is 4.98 Å². The number of nitrogens with zero attached hydrogens (tertiary/aromatic N) is 1. The number of aromatic nitrogens is 1. The van der Waals surface area contributed by atoms with E-state index < -0.39 is 5.97 Å². The fourth-order valence-electron chi connectivity index (χ4n) is 2.68. The van der Waals surface area contributed by atoms with Crippen molar-refractivity contribution >= 4 is 16.9 Å². The van der Waals surface area contributed by atoms with Crippen molar-refractivity contribution < 1.29 is 14.6 Å². The maximum Gasteiger partial charge on any atom is 0.336 e. The highest BCUT2D eigenvalue weighted by Crippen LogP contribution is 2.32. The molecule has 0 aliphatic heterocycles. The molecule has 0 bridgehead atoms. The summed E-state index contributed by atoms with van der Waals surface area (Å²) in [6, 6.07) is 13.0. The Morgan fingerprint density at radius 1 is 1.04 bits per heavy atom. The van der Waals surface area contributed by atoms with Crippen molar-refractivity contribution in [3.63, 3.8) is 0 Å². The first-order chi connectivity index (χ1) is 11.0. The van der Waals surface area contributed by atoms with E-state index in [9.17, 15) is 9.90 Å². The molecule has 2 aromatic carbocycles. The van der Waals surface area contributed by atoms with Crippen LogP contribution in [0.25, 0.3) is 22.2 Å². The number of hydrogen-bond acceptors (Lipinski definition) is 3. The molecule has 1 heterocycles. The number of methoxy groups -OCH3 is 1. The summed E-state index contributed by atoms with van der Waals surface area (Å²) < 4.78 is 5.40. The molecule has 0 atom stereocenters. The minimum absolute atomic E-state index is 0.247. The van der Waals surface area contributed by atoms with Crippen LogP contribution in [0.3, 0.4) is 0 Å². The zero-order valence-corrected chi connectivity index (χ0v) is 13.3. The highest BCUT2D eigenvalue weighted by Gasteiger charge is 2.15. The van der Waals surface area contributed by atoms with Gasteiger partial charge < -0.3 is 9.84 Å². The van der Waals surface area contributed by atoms with Gasteiger partial charge in [-0.25, -0.2) is 9.78 Å². The maximum atomic E-state index is 11.7. The maximum absolute atomic E-state index is 11.7. The number of hydrogen-bond donors (Lipinski definition) is 1. The van der Waals surface area contributed by atoms with Crippen LogP contribution < -0.4 is 4.74 Å². The molecule has 0 fully saturated rings. The molecule has 0 amide bonds. The summed E-state index contributed by atoms with van der Waals surface area (Å²) in [5, 5.41) is 10.2. The first-order valence-electron chi connectivity index (χ1n) is 7.29. The van der Waals surface area contributed by atoms with Crippen LogP contribution in [0.4, 0.5) is 0 Å². The summed E-state index contributed by atoms with van der Waals surface area (Å²) in [4.78, 5) is 16.3. The number of aryl methyl sites for hydroxylation is 2. The average molecular weight is 307 g/mol. The minimum Gasteiger partial charge on any atom is -0.496 e. The Balaban J connectivity index is 2.33. The van der Waals surface area contributed by atoms with Crippen molar-refractivity contribution in [1.29, 1.82) is 0 Å². The van der Waals surface area contributed by atoms with Crippen molar-refractivity contribution in [2.24, 2.45) is 0 Å². The molecular formula is C19H17NO3. The van der Waals surface area contributed by atoms with E-state index in [0.717, 1.165) is 16.7 Å². The third-order valence-electron chi connectivity index (χ3n) is 3.83. The fraction of sp³-hybridized carbons (Fsp3) is 0.158. The Labute approximate surface area is 134 Å². The second kappa shape index (κ2) is 5.72. The van der Waals surface area contributed by atoms with Crippen molar-refractivity contribution in [3.05, 3.63) is 59.2 Å². The second-order valence-corrected chi connectivity index (χ2v) is 5.58. The van der Waals surface area contributed by atoms with Gasteiger partial charge in [-0.15, -0.1) is 0 Å². The van der Waals surface area contributed by atoms with E-state index in [1.165, 1.54) is 0 Å². The number of pyridine rings is 1. The second-order valence-electron chi connectivity index (χ2n) is 5.58. The highest BCUT2D eigenvalue weighted by molar-refractivity contribution is 6.04. The topological polar surface area (TPSA) is 59.4 Å². The zero-order chi connectivity index (χ0) is 16.6. The molecule has 0 saturated heterocycles. The average Bonchev–Trinajstić information content (AvgIpc) is 2.53. The molecule has 0 aliphatic rings. The van der Waals surface area contributed by atoms with Crippen LogP contribution in [0, 0.1) is 13.8 Å². The Hall–Kier alpha value is -2.88. The number of carbonyl (C=O) groups is 1. The third kappa shape index (κ3) is 2.75. The van der Waals surface area contributed by atoms with E-state index in [2.05, 4.69) is 4.98 Å². The van der Waals surface area contributed by atoms with Gasteiger partial charge in [0.2, 0.25) is 0 Å². The normalized spacial score (nSPS) is 10.7. The first kappa shape index (κ1) is 15.0. The van der Waals surface area contributed by atoms with E-state index in [1.54, 1.807) is 13.2 Å². The molecule has 3 aromatic rings. The van der Waals surface area contributed by atoms with Crippen LogP contribution >= 0.6 is 0 Å². The van der Waals surface area contributed by atoms with E-state index in [-0.39, 0.29) is 5.56 Å². The Bertz CT molecular complexity index is 916. The molecule has 0 radical (unpaired) electrons. The van der Waals surface area contributed by atoms with Gasteiger partial charge in [0.05, 0.1) is 23.9 Å². The van der Waals surface area contributed by atoms with E-state index in [1.807, 2.05) is 50.2 Å². The van der Waals surface area contributed by atoms with Gasteiger partial charge >= 0.3 is 5.97 Å². The third-order valence-corrected chi connectivity index (χ3v) is 3.83. The minimum atomic E-state index is -0.962. The van der Waals surface area contributed by atoms with Gasteiger partial charge in [-0.3, -0.25) is 0 Å². The zero-order valence-electron chi connectivity index (χ0n) is 13.3. The number of carboxylic acids is 1. The number of rotatable bonds is 3. The van der Waals surface area contributed by atoms with Crippen molar-refractivity contribution in [2.75, 3.05) is 7.11 Å². The fourth-order valence-corrected chi connectivity index (χ4v) is 2.68. The molecule has 1 N–H and O–H groups in total. The van der Waals surface area contributed by atoms with E-state index in [0.29, 0.717) is 22.3 Å². The molecule has 0 saturated carbocycles. The van der Waals surface area contributed by atoms with Gasteiger partial charge in [0.15, 0.2) is 0 Å². The van der Waals surface area contributed by atoms with Gasteiger partial charge in [-0.2, -0.15) is 0 Å². The molecule has 0 aliphatic carbocycles. The van der Waals surface area contributed by atoms with Crippen LogP contribution in [0.5, 0.6) is 5.75 Å². The molecule has 3 rings (SSSR count). The SMILES string of the molecule is COc1ccc(C)cc1-c1cc(C(=O)O)c2cc(C)ccc2n1. The quantitative estimate of drug-likeness (QED) is 0.787.